The number of aliphatic imine (C=N–C) groups is 1. The molecular weight excluding hydrogens is 477 g/mol. The van der Waals surface area contributed by atoms with E-state index in [1.54, 1.807) is 0 Å². The quantitative estimate of drug-likeness (QED) is 0.267. The van der Waals surface area contributed by atoms with Crippen molar-refractivity contribution in [3.8, 4) is 0 Å². The fourth-order valence-corrected chi connectivity index (χ4v) is 4.42. The Kier molecular flexibility index (Phi) is 8.17. The minimum atomic E-state index is 0. The molecule has 2 N–H and O–H groups in total. The number of guanidine groups is 1. The molecule has 0 atom stereocenters. The van der Waals surface area contributed by atoms with E-state index in [-0.39, 0.29) is 29.9 Å². The lowest BCUT2D eigenvalue weighted by atomic mass is 10.1. The number of piperidine rings is 1. The number of carbonyl (C=O) groups is 1. The van der Waals surface area contributed by atoms with Crippen molar-refractivity contribution in [3.63, 3.8) is 0 Å². The van der Waals surface area contributed by atoms with Crippen molar-refractivity contribution in [1.82, 2.24) is 15.5 Å². The van der Waals surface area contributed by atoms with Crippen molar-refractivity contribution in [3.05, 3.63) is 29.8 Å². The molecule has 0 spiro atoms. The van der Waals surface area contributed by atoms with Crippen molar-refractivity contribution in [2.24, 2.45) is 4.99 Å². The van der Waals surface area contributed by atoms with Crippen LogP contribution in [0, 0.1) is 0 Å². The number of benzene rings is 1. The molecule has 0 bridgehead atoms. The number of rotatable bonds is 6. The van der Waals surface area contributed by atoms with Gasteiger partial charge in [0.05, 0.1) is 0 Å². The number of carbonyl (C=O) groups excluding carboxylic acids is 1. The van der Waals surface area contributed by atoms with Crippen LogP contribution in [-0.4, -0.2) is 62.1 Å². The number of amides is 1. The topological polar surface area (TPSA) is 60.0 Å². The third-order valence-corrected chi connectivity index (χ3v) is 6.21. The molecule has 0 radical (unpaired) electrons. The Hall–Kier alpha value is -1.35. The van der Waals surface area contributed by atoms with Crippen molar-refractivity contribution in [2.45, 2.75) is 57.0 Å². The SMILES string of the molecule is CN=C(NCCCC(=O)N1CCc2ccccc21)NC1CCN(C2CC2)CC1.I. The maximum atomic E-state index is 12.6. The summed E-state index contributed by atoms with van der Waals surface area (Å²) in [7, 11) is 1.82. The van der Waals surface area contributed by atoms with Crippen molar-refractivity contribution >= 4 is 41.5 Å². The molecule has 1 aromatic carbocycles. The molecule has 160 valence electrons. The van der Waals surface area contributed by atoms with Gasteiger partial charge in [0.25, 0.3) is 0 Å². The van der Waals surface area contributed by atoms with E-state index in [1.807, 2.05) is 24.1 Å². The van der Waals surface area contributed by atoms with E-state index in [9.17, 15) is 4.79 Å². The van der Waals surface area contributed by atoms with Gasteiger partial charge >= 0.3 is 0 Å². The lowest BCUT2D eigenvalue weighted by Crippen LogP contribution is -2.49. The Balaban J connectivity index is 0.00000240. The molecule has 1 aromatic rings. The molecule has 4 rings (SSSR count). The predicted molar refractivity (Wildman–Crippen MR) is 129 cm³/mol. The van der Waals surface area contributed by atoms with E-state index in [4.69, 9.17) is 0 Å². The summed E-state index contributed by atoms with van der Waals surface area (Å²) >= 11 is 0. The van der Waals surface area contributed by atoms with Crippen LogP contribution >= 0.6 is 24.0 Å². The number of anilines is 1. The Labute approximate surface area is 191 Å². The molecule has 3 aliphatic rings. The monoisotopic (exact) mass is 511 g/mol. The molecule has 7 heteroatoms. The van der Waals surface area contributed by atoms with Gasteiger partial charge in [-0.3, -0.25) is 9.79 Å². The number of hydrogen-bond acceptors (Lipinski definition) is 3. The molecule has 1 saturated heterocycles. The predicted octanol–water partition coefficient (Wildman–Crippen LogP) is 2.77. The van der Waals surface area contributed by atoms with Gasteiger partial charge in [0, 0.05) is 57.4 Å². The third-order valence-electron chi connectivity index (χ3n) is 6.21. The zero-order chi connectivity index (χ0) is 19.3. The number of hydrogen-bond donors (Lipinski definition) is 2. The van der Waals surface area contributed by atoms with Gasteiger partial charge < -0.3 is 20.4 Å². The summed E-state index contributed by atoms with van der Waals surface area (Å²) in [6, 6.07) is 9.61. The van der Waals surface area contributed by atoms with Crippen LogP contribution in [0.4, 0.5) is 5.69 Å². The number of para-hydroxylation sites is 1. The lowest BCUT2D eigenvalue weighted by Gasteiger charge is -2.33. The molecular formula is C22H34IN5O. The highest BCUT2D eigenvalue weighted by molar-refractivity contribution is 14.0. The Bertz CT molecular complexity index is 713. The molecule has 0 aromatic heterocycles. The standard InChI is InChI=1S/C22H33N5O.HI/c1-23-22(25-18-11-14-26(15-12-18)19-8-9-19)24-13-4-7-21(28)27-16-10-17-5-2-3-6-20(17)27;/h2-3,5-6,18-19H,4,7-16H2,1H3,(H2,23,24,25);1H. The van der Waals surface area contributed by atoms with Crippen LogP contribution in [0.3, 0.4) is 0 Å². The molecule has 6 nitrogen and oxygen atoms in total. The highest BCUT2D eigenvalue weighted by atomic mass is 127. The Morgan fingerprint density at radius 3 is 2.62 bits per heavy atom. The van der Waals surface area contributed by atoms with Crippen LogP contribution in [0.1, 0.15) is 44.1 Å². The van der Waals surface area contributed by atoms with Gasteiger partial charge in [-0.05, 0) is 50.2 Å². The summed E-state index contributed by atoms with van der Waals surface area (Å²) in [6.07, 6.45) is 7.51. The van der Waals surface area contributed by atoms with Gasteiger partial charge in [-0.25, -0.2) is 0 Å². The van der Waals surface area contributed by atoms with Gasteiger partial charge in [-0.1, -0.05) is 18.2 Å². The largest absolute Gasteiger partial charge is 0.356 e. The maximum Gasteiger partial charge on any atom is 0.227 e. The molecule has 1 aliphatic carbocycles. The van der Waals surface area contributed by atoms with Gasteiger partial charge in [0.1, 0.15) is 0 Å². The molecule has 1 saturated carbocycles. The van der Waals surface area contributed by atoms with E-state index >= 15 is 0 Å². The lowest BCUT2D eigenvalue weighted by molar-refractivity contribution is -0.118. The van der Waals surface area contributed by atoms with Gasteiger partial charge in [0.15, 0.2) is 5.96 Å². The molecule has 0 unspecified atom stereocenters. The first-order valence-corrected chi connectivity index (χ1v) is 10.8. The minimum Gasteiger partial charge on any atom is -0.356 e. The van der Waals surface area contributed by atoms with Crippen molar-refractivity contribution < 1.29 is 4.79 Å². The number of likely N-dealkylation sites (tertiary alicyclic amines) is 1. The van der Waals surface area contributed by atoms with Crippen LogP contribution in [0.25, 0.3) is 0 Å². The van der Waals surface area contributed by atoms with Crippen LogP contribution in [-0.2, 0) is 11.2 Å². The van der Waals surface area contributed by atoms with Crippen LogP contribution in [0.15, 0.2) is 29.3 Å². The summed E-state index contributed by atoms with van der Waals surface area (Å²) in [5.74, 6) is 1.09. The summed E-state index contributed by atoms with van der Waals surface area (Å²) in [5.41, 5.74) is 2.38. The smallest absolute Gasteiger partial charge is 0.227 e. The average Bonchev–Trinajstić information content (AvgIpc) is 3.49. The first kappa shape index (κ1) is 22.3. The summed E-state index contributed by atoms with van der Waals surface area (Å²) in [6.45, 7) is 3.98. The number of fused-ring (bicyclic) bond motifs is 1. The number of nitrogens with one attached hydrogen (secondary N) is 2. The first-order chi connectivity index (χ1) is 13.7. The van der Waals surface area contributed by atoms with Crippen LogP contribution in [0.2, 0.25) is 0 Å². The third kappa shape index (κ3) is 5.84. The van der Waals surface area contributed by atoms with E-state index in [0.717, 1.165) is 43.6 Å². The van der Waals surface area contributed by atoms with E-state index in [2.05, 4.69) is 32.7 Å². The van der Waals surface area contributed by atoms with Gasteiger partial charge in [-0.2, -0.15) is 0 Å². The normalized spacial score (nSPS) is 20.2. The zero-order valence-electron chi connectivity index (χ0n) is 17.4. The summed E-state index contributed by atoms with van der Waals surface area (Å²) < 4.78 is 0. The second kappa shape index (κ2) is 10.6. The molecule has 2 fully saturated rings. The van der Waals surface area contributed by atoms with Gasteiger partial charge in [-0.15, -0.1) is 24.0 Å². The molecule has 1 amide bonds. The molecule has 2 aliphatic heterocycles. The fraction of sp³-hybridized carbons (Fsp3) is 0.636. The van der Waals surface area contributed by atoms with Crippen molar-refractivity contribution in [1.29, 1.82) is 0 Å². The molecule has 2 heterocycles. The van der Waals surface area contributed by atoms with Crippen LogP contribution in [0.5, 0.6) is 0 Å². The second-order valence-electron chi connectivity index (χ2n) is 8.21. The van der Waals surface area contributed by atoms with Crippen LogP contribution < -0.4 is 15.5 Å². The summed E-state index contributed by atoms with van der Waals surface area (Å²) in [4.78, 5) is 21.5. The number of halogens is 1. The van der Waals surface area contributed by atoms with E-state index in [0.29, 0.717) is 12.5 Å². The van der Waals surface area contributed by atoms with E-state index < -0.39 is 0 Å². The first-order valence-electron chi connectivity index (χ1n) is 10.8. The number of nitrogens with zero attached hydrogens (tertiary/aromatic N) is 3. The minimum absolute atomic E-state index is 0. The maximum absolute atomic E-state index is 12.6. The highest BCUT2D eigenvalue weighted by Gasteiger charge is 2.31. The highest BCUT2D eigenvalue weighted by Crippen LogP contribution is 2.29. The van der Waals surface area contributed by atoms with Gasteiger partial charge in [0.2, 0.25) is 5.91 Å². The summed E-state index contributed by atoms with van der Waals surface area (Å²) in [5, 5.41) is 6.94. The van der Waals surface area contributed by atoms with E-state index in [1.165, 1.54) is 44.3 Å². The zero-order valence-corrected chi connectivity index (χ0v) is 19.7. The second-order valence-corrected chi connectivity index (χ2v) is 8.21. The Morgan fingerprint density at radius 1 is 1.14 bits per heavy atom. The average molecular weight is 511 g/mol. The van der Waals surface area contributed by atoms with Crippen molar-refractivity contribution in [2.75, 3.05) is 38.1 Å². The molecule has 29 heavy (non-hydrogen) atoms. The fourth-order valence-electron chi connectivity index (χ4n) is 4.42. The Morgan fingerprint density at radius 2 is 1.90 bits per heavy atom.